The molecule has 216 valence electrons. The van der Waals surface area contributed by atoms with Gasteiger partial charge in [0.2, 0.25) is 0 Å². The minimum Gasteiger partial charge on any atom is -0.460 e. The number of likely N-dealkylation sites (N-methyl/N-ethyl adjacent to an activating group) is 2. The van der Waals surface area contributed by atoms with Gasteiger partial charge in [0.15, 0.2) is 0 Å². The van der Waals surface area contributed by atoms with E-state index in [1.165, 1.54) is 48.3 Å². The van der Waals surface area contributed by atoms with Gasteiger partial charge in [-0.3, -0.25) is 0 Å². The summed E-state index contributed by atoms with van der Waals surface area (Å²) in [4.78, 5) is 51.3. The van der Waals surface area contributed by atoms with Crippen molar-refractivity contribution in [2.45, 2.75) is 90.1 Å². The molecule has 0 aromatic rings. The molecule has 0 saturated heterocycles. The lowest BCUT2D eigenvalue weighted by Crippen LogP contribution is -2.39. The summed E-state index contributed by atoms with van der Waals surface area (Å²) in [7, 11) is 3.19. The van der Waals surface area contributed by atoms with Gasteiger partial charge in [0, 0.05) is 26.2 Å². The van der Waals surface area contributed by atoms with Gasteiger partial charge in [-0.15, -0.1) is 0 Å². The molecule has 0 heterocycles. The van der Waals surface area contributed by atoms with Crippen LogP contribution in [0, 0.1) is 11.8 Å². The maximum Gasteiger partial charge on any atom is 0.409 e. The zero-order valence-electron chi connectivity index (χ0n) is 23.5. The van der Waals surface area contributed by atoms with Gasteiger partial charge in [0.1, 0.15) is 13.2 Å². The summed E-state index contributed by atoms with van der Waals surface area (Å²) in [6, 6.07) is -0.792. The molecule has 2 aliphatic carbocycles. The molecule has 2 atom stereocenters. The molecule has 2 amide bonds. The van der Waals surface area contributed by atoms with E-state index in [1.54, 1.807) is 27.9 Å². The third-order valence-electron chi connectivity index (χ3n) is 7.52. The summed E-state index contributed by atoms with van der Waals surface area (Å²) in [5.74, 6) is -0.617. The normalized spacial score (nSPS) is 18.3. The fraction of sp³-hybridized carbons (Fsp3) is 0.786. The minimum atomic E-state index is -0.728. The van der Waals surface area contributed by atoms with Gasteiger partial charge >= 0.3 is 24.1 Å². The molecular weight excluding hydrogens is 492 g/mol. The molecule has 2 fully saturated rings. The molecule has 0 spiro atoms. The fourth-order valence-electron chi connectivity index (χ4n) is 4.51. The van der Waals surface area contributed by atoms with E-state index >= 15 is 0 Å². The van der Waals surface area contributed by atoms with E-state index in [0.717, 1.165) is 37.8 Å². The number of carbonyl (C=O) groups is 4. The van der Waals surface area contributed by atoms with E-state index in [0.29, 0.717) is 25.0 Å². The van der Waals surface area contributed by atoms with Crippen LogP contribution in [0.1, 0.15) is 78.1 Å². The second-order valence-corrected chi connectivity index (χ2v) is 10.7. The highest BCUT2D eigenvalue weighted by Crippen LogP contribution is 2.24. The molecule has 10 nitrogen and oxygen atoms in total. The van der Waals surface area contributed by atoms with Crippen LogP contribution in [-0.4, -0.2) is 86.5 Å². The zero-order chi connectivity index (χ0) is 27.9. The van der Waals surface area contributed by atoms with Crippen LogP contribution in [0.25, 0.3) is 0 Å². The molecule has 0 aromatic heterocycles. The lowest BCUT2D eigenvalue weighted by molar-refractivity contribution is -0.141. The first kappa shape index (κ1) is 31.4. The zero-order valence-corrected chi connectivity index (χ0v) is 23.5. The van der Waals surface area contributed by atoms with Crippen molar-refractivity contribution in [2.24, 2.45) is 11.8 Å². The van der Waals surface area contributed by atoms with Crippen molar-refractivity contribution in [2.75, 3.05) is 40.5 Å². The monoisotopic (exact) mass is 538 g/mol. The molecule has 0 bridgehead atoms. The predicted octanol–water partition coefficient (Wildman–Crippen LogP) is 4.70. The summed E-state index contributed by atoms with van der Waals surface area (Å²) in [5.41, 5.74) is 0. The maximum absolute atomic E-state index is 12.3. The molecular formula is C28H46N2O8. The third kappa shape index (κ3) is 11.7. The molecule has 0 radical (unpaired) electrons. The highest BCUT2D eigenvalue weighted by molar-refractivity contribution is 5.91. The van der Waals surface area contributed by atoms with Crippen LogP contribution in [0.4, 0.5) is 9.59 Å². The van der Waals surface area contributed by atoms with E-state index in [1.807, 2.05) is 0 Å². The van der Waals surface area contributed by atoms with E-state index in [4.69, 9.17) is 18.9 Å². The first-order valence-corrected chi connectivity index (χ1v) is 14.0. The number of hydrogen-bond acceptors (Lipinski definition) is 8. The number of rotatable bonds is 12. The van der Waals surface area contributed by atoms with E-state index in [2.05, 4.69) is 0 Å². The van der Waals surface area contributed by atoms with Gasteiger partial charge in [0.05, 0.1) is 25.3 Å². The Kier molecular flexibility index (Phi) is 14.0. The molecule has 0 aromatic carbocycles. The molecule has 10 heteroatoms. The Bertz CT molecular complexity index is 726. The van der Waals surface area contributed by atoms with Gasteiger partial charge in [-0.2, -0.15) is 0 Å². The van der Waals surface area contributed by atoms with Crippen LogP contribution in [0.3, 0.4) is 0 Å². The average Bonchev–Trinajstić information content (AvgIpc) is 2.95. The smallest absolute Gasteiger partial charge is 0.409 e. The Morgan fingerprint density at radius 2 is 0.974 bits per heavy atom. The summed E-state index contributed by atoms with van der Waals surface area (Å²) in [6.45, 7) is 4.22. The van der Waals surface area contributed by atoms with Crippen LogP contribution in [-0.2, 0) is 28.5 Å². The van der Waals surface area contributed by atoms with Gasteiger partial charge in [-0.25, -0.2) is 19.2 Å². The van der Waals surface area contributed by atoms with Gasteiger partial charge in [-0.05, 0) is 51.4 Å². The molecule has 2 saturated carbocycles. The van der Waals surface area contributed by atoms with E-state index in [-0.39, 0.29) is 13.2 Å². The highest BCUT2D eigenvalue weighted by Gasteiger charge is 2.22. The van der Waals surface area contributed by atoms with Crippen LogP contribution in [0.5, 0.6) is 0 Å². The number of carbonyl (C=O) groups excluding carboxylic acids is 4. The minimum absolute atomic E-state index is 0.0436. The number of hydrogen-bond donors (Lipinski definition) is 0. The van der Waals surface area contributed by atoms with Crippen LogP contribution in [0.15, 0.2) is 12.2 Å². The van der Waals surface area contributed by atoms with Crippen molar-refractivity contribution in [3.05, 3.63) is 12.2 Å². The summed E-state index contributed by atoms with van der Waals surface area (Å²) in [6.07, 6.45) is 12.6. The van der Waals surface area contributed by atoms with Crippen molar-refractivity contribution in [3.63, 3.8) is 0 Å². The second-order valence-electron chi connectivity index (χ2n) is 10.7. The summed E-state index contributed by atoms with van der Waals surface area (Å²) in [5, 5.41) is 0. The Balaban J connectivity index is 1.60. The SMILES string of the molecule is C[C@H](COC(=O)/C=C/C(=O)OC[C@@H](C)N(C)C(=O)OCC1CCCCC1)N(C)C(=O)OCC1CCCCC1. The Morgan fingerprint density at radius 1 is 0.632 bits per heavy atom. The molecule has 0 N–H and O–H groups in total. The van der Waals surface area contributed by atoms with E-state index < -0.39 is 36.2 Å². The van der Waals surface area contributed by atoms with Crippen LogP contribution in [0.2, 0.25) is 0 Å². The second kappa shape index (κ2) is 16.9. The van der Waals surface area contributed by atoms with Crippen LogP contribution >= 0.6 is 0 Å². The first-order valence-electron chi connectivity index (χ1n) is 14.0. The Labute approximate surface area is 227 Å². The topological polar surface area (TPSA) is 112 Å². The summed E-state index contributed by atoms with van der Waals surface area (Å²) < 4.78 is 21.1. The van der Waals surface area contributed by atoms with Gasteiger partial charge < -0.3 is 28.7 Å². The highest BCUT2D eigenvalue weighted by atomic mass is 16.6. The molecule has 0 aliphatic heterocycles. The number of amides is 2. The third-order valence-corrected chi connectivity index (χ3v) is 7.52. The number of ether oxygens (including phenoxy) is 4. The quantitative estimate of drug-likeness (QED) is 0.200. The molecule has 2 rings (SSSR count). The largest absolute Gasteiger partial charge is 0.460 e. The molecule has 38 heavy (non-hydrogen) atoms. The summed E-state index contributed by atoms with van der Waals surface area (Å²) >= 11 is 0. The lowest BCUT2D eigenvalue weighted by Gasteiger charge is -2.26. The van der Waals surface area contributed by atoms with Gasteiger partial charge in [0.25, 0.3) is 0 Å². The molecule has 2 aliphatic rings. The fourth-order valence-corrected chi connectivity index (χ4v) is 4.51. The number of esters is 2. The number of nitrogens with zero attached hydrogens (tertiary/aromatic N) is 2. The predicted molar refractivity (Wildman–Crippen MR) is 141 cm³/mol. The average molecular weight is 539 g/mol. The van der Waals surface area contributed by atoms with Crippen molar-refractivity contribution < 1.29 is 38.1 Å². The molecule has 0 unspecified atom stereocenters. The maximum atomic E-state index is 12.3. The van der Waals surface area contributed by atoms with Gasteiger partial charge in [-0.1, -0.05) is 38.5 Å². The van der Waals surface area contributed by atoms with Crippen molar-refractivity contribution in [1.29, 1.82) is 0 Å². The first-order chi connectivity index (χ1) is 18.2. The van der Waals surface area contributed by atoms with Crippen molar-refractivity contribution >= 4 is 24.1 Å². The Hall–Kier alpha value is -2.78. The lowest BCUT2D eigenvalue weighted by atomic mass is 9.90. The van der Waals surface area contributed by atoms with Crippen molar-refractivity contribution in [1.82, 2.24) is 9.80 Å². The Morgan fingerprint density at radius 3 is 1.32 bits per heavy atom. The van der Waals surface area contributed by atoms with Crippen LogP contribution < -0.4 is 0 Å². The van der Waals surface area contributed by atoms with Crippen molar-refractivity contribution in [3.8, 4) is 0 Å². The standard InChI is InChI=1S/C28H46N2O8/c1-21(29(3)27(33)37-19-23-11-7-5-8-12-23)17-35-25(31)15-16-26(32)36-18-22(2)30(4)28(34)38-20-24-13-9-6-10-14-24/h15-16,21-24H,5-14,17-20H2,1-4H3/b16-15+/t21-,22-/m1/s1. The van der Waals surface area contributed by atoms with E-state index in [9.17, 15) is 19.2 Å².